The number of carbonyl (C=O) groups excluding carboxylic acids is 3. The summed E-state index contributed by atoms with van der Waals surface area (Å²) < 4.78 is 4.27. The zero-order valence-electron chi connectivity index (χ0n) is 27.4. The van der Waals surface area contributed by atoms with E-state index in [-0.39, 0.29) is 36.8 Å². The molecule has 0 saturated carbocycles. The number of aliphatic hydroxyl groups excluding tert-OH is 1. The summed E-state index contributed by atoms with van der Waals surface area (Å²) in [5.41, 5.74) is 1.67. The second kappa shape index (κ2) is 13.7. The van der Waals surface area contributed by atoms with Gasteiger partial charge in [-0.15, -0.1) is 24.9 Å². The normalized spacial score (nSPS) is 27.0. The van der Waals surface area contributed by atoms with Gasteiger partial charge in [0, 0.05) is 30.1 Å². The van der Waals surface area contributed by atoms with Crippen molar-refractivity contribution in [1.29, 1.82) is 0 Å². The predicted octanol–water partition coefficient (Wildman–Crippen LogP) is 5.32. The fourth-order valence-electron chi connectivity index (χ4n) is 7.87. The van der Waals surface area contributed by atoms with E-state index >= 15 is 0 Å². The highest BCUT2D eigenvalue weighted by Crippen LogP contribution is 2.72. The van der Waals surface area contributed by atoms with Crippen molar-refractivity contribution in [2.75, 3.05) is 31.2 Å². The van der Waals surface area contributed by atoms with Crippen molar-refractivity contribution in [3.63, 3.8) is 0 Å². The Balaban J connectivity index is 1.58. The molecular weight excluding hydrogens is 598 g/mol. The molecule has 3 fully saturated rings. The smallest absolute Gasteiger partial charge is 0.247 e. The molecule has 0 radical (unpaired) electrons. The van der Waals surface area contributed by atoms with Crippen molar-refractivity contribution in [2.45, 2.75) is 68.7 Å². The van der Waals surface area contributed by atoms with Gasteiger partial charge in [0.05, 0.1) is 35.8 Å². The van der Waals surface area contributed by atoms with Crippen LogP contribution < -0.4 is 9.64 Å². The molecular formula is C37H47N3O5S. The maximum atomic E-state index is 14.9. The number of nitrogens with zero attached hydrogens (tertiary/aromatic N) is 3. The molecule has 0 aliphatic carbocycles. The van der Waals surface area contributed by atoms with E-state index < -0.39 is 33.4 Å². The van der Waals surface area contributed by atoms with Crippen LogP contribution in [0.3, 0.4) is 0 Å². The van der Waals surface area contributed by atoms with Gasteiger partial charge in [-0.3, -0.25) is 14.4 Å². The first kappa shape index (κ1) is 33.8. The molecule has 2 unspecified atom stereocenters. The predicted molar refractivity (Wildman–Crippen MR) is 184 cm³/mol. The van der Waals surface area contributed by atoms with Gasteiger partial charge in [-0.05, 0) is 62.4 Å². The second-order valence-corrected chi connectivity index (χ2v) is 15.0. The maximum Gasteiger partial charge on any atom is 0.247 e. The third-order valence-corrected chi connectivity index (χ3v) is 11.9. The molecule has 3 aliphatic rings. The van der Waals surface area contributed by atoms with Crippen LogP contribution in [0.2, 0.25) is 0 Å². The van der Waals surface area contributed by atoms with Crippen LogP contribution >= 0.6 is 11.8 Å². The lowest BCUT2D eigenvalue weighted by Crippen LogP contribution is -2.58. The fourth-order valence-corrected chi connectivity index (χ4v) is 10.2. The Bertz CT molecular complexity index is 1450. The first-order chi connectivity index (χ1) is 22.1. The van der Waals surface area contributed by atoms with Gasteiger partial charge < -0.3 is 24.5 Å². The summed E-state index contributed by atoms with van der Waals surface area (Å²) >= 11 is 1.64. The minimum Gasteiger partial charge on any atom is -0.494 e. The highest BCUT2D eigenvalue weighted by Gasteiger charge is 2.78. The average molecular weight is 646 g/mol. The summed E-state index contributed by atoms with van der Waals surface area (Å²) in [5, 5.41) is 10.6. The molecule has 5 rings (SSSR count). The Morgan fingerprint density at radius 3 is 2.33 bits per heavy atom. The molecule has 3 heterocycles. The van der Waals surface area contributed by atoms with Crippen LogP contribution in [-0.2, 0) is 20.9 Å². The molecule has 1 N–H and O–H groups in total. The van der Waals surface area contributed by atoms with Crippen LogP contribution in [0.4, 0.5) is 5.69 Å². The van der Waals surface area contributed by atoms with Crippen LogP contribution in [0.15, 0.2) is 79.9 Å². The average Bonchev–Trinajstić information content (AvgIpc) is 3.61. The molecule has 6 atom stereocenters. The van der Waals surface area contributed by atoms with Gasteiger partial charge in [0.25, 0.3) is 0 Å². The number of anilines is 1. The van der Waals surface area contributed by atoms with Crippen molar-refractivity contribution in [1.82, 2.24) is 9.80 Å². The van der Waals surface area contributed by atoms with Gasteiger partial charge in [0.15, 0.2) is 0 Å². The number of aliphatic hydroxyl groups is 1. The van der Waals surface area contributed by atoms with E-state index in [9.17, 15) is 19.5 Å². The molecule has 3 aliphatic heterocycles. The van der Waals surface area contributed by atoms with Gasteiger partial charge in [-0.2, -0.15) is 0 Å². The largest absolute Gasteiger partial charge is 0.494 e. The second-order valence-electron chi connectivity index (χ2n) is 13.1. The topological polar surface area (TPSA) is 90.4 Å². The Morgan fingerprint density at radius 2 is 1.74 bits per heavy atom. The molecule has 3 amide bonds. The minimum absolute atomic E-state index is 0.102. The number of ether oxygens (including phenoxy) is 1. The van der Waals surface area contributed by atoms with E-state index in [0.717, 1.165) is 5.56 Å². The number of fused-ring (bicyclic) bond motifs is 1. The number of hydrogen-bond donors (Lipinski definition) is 1. The van der Waals surface area contributed by atoms with Gasteiger partial charge >= 0.3 is 0 Å². The highest BCUT2D eigenvalue weighted by atomic mass is 32.2. The summed E-state index contributed by atoms with van der Waals surface area (Å²) in [7, 11) is 0. The van der Waals surface area contributed by atoms with Gasteiger partial charge in [-0.1, -0.05) is 56.3 Å². The lowest BCUT2D eigenvalue weighted by molar-refractivity contribution is -0.147. The van der Waals surface area contributed by atoms with E-state index in [4.69, 9.17) is 4.74 Å². The third kappa shape index (κ3) is 5.77. The van der Waals surface area contributed by atoms with Crippen molar-refractivity contribution in [3.8, 4) is 5.75 Å². The Morgan fingerprint density at radius 1 is 1.07 bits per heavy atom. The van der Waals surface area contributed by atoms with E-state index in [2.05, 4.69) is 20.1 Å². The van der Waals surface area contributed by atoms with E-state index in [1.807, 2.05) is 75.4 Å². The zero-order valence-corrected chi connectivity index (χ0v) is 28.2. The molecule has 46 heavy (non-hydrogen) atoms. The fraction of sp³-hybridized carbons (Fsp3) is 0.486. The van der Waals surface area contributed by atoms with E-state index in [0.29, 0.717) is 44.0 Å². The maximum absolute atomic E-state index is 14.9. The molecule has 2 aromatic rings. The standard InChI is InChI=1S/C37H47N3O5S/c1-7-21-38(23-26-13-11-10-12-14-26)35(44)32-37-20-19-36(6,46-37)30(31(37)34(43)40(32)29(24-41)25(4)5)33(42)39(22-8-2)27-15-17-28(18-16-27)45-9-3/h7-8,10-18,25,29-32,41H,1-2,9,19-24H2,3-6H3/t29-,30+,31-,32?,36-,37?/m0/s1. The number of thioether (sulfide) groups is 1. The first-order valence-electron chi connectivity index (χ1n) is 16.3. The summed E-state index contributed by atoms with van der Waals surface area (Å²) in [6.07, 6.45) is 4.74. The van der Waals surface area contributed by atoms with Crippen molar-refractivity contribution >= 4 is 35.2 Å². The van der Waals surface area contributed by atoms with Crippen LogP contribution in [0.25, 0.3) is 0 Å². The number of carbonyl (C=O) groups is 3. The Labute approximate surface area is 277 Å². The number of hydrogen-bond acceptors (Lipinski definition) is 6. The zero-order chi connectivity index (χ0) is 33.2. The monoisotopic (exact) mass is 645 g/mol. The molecule has 9 heteroatoms. The number of benzene rings is 2. The molecule has 2 aromatic carbocycles. The third-order valence-electron chi connectivity index (χ3n) is 9.94. The van der Waals surface area contributed by atoms with Crippen LogP contribution in [0, 0.1) is 17.8 Å². The Kier molecular flexibility index (Phi) is 10.0. The van der Waals surface area contributed by atoms with E-state index in [1.54, 1.807) is 38.6 Å². The summed E-state index contributed by atoms with van der Waals surface area (Å²) in [6, 6.07) is 15.8. The molecule has 0 aromatic heterocycles. The quantitative estimate of drug-likeness (QED) is 0.280. The van der Waals surface area contributed by atoms with Crippen molar-refractivity contribution in [2.24, 2.45) is 17.8 Å². The molecule has 1 spiro atoms. The number of amides is 3. The van der Waals surface area contributed by atoms with Crippen LogP contribution in [-0.4, -0.2) is 80.5 Å². The molecule has 2 bridgehead atoms. The SMILES string of the molecule is C=CCN(Cc1ccccc1)C(=O)C1N([C@@H](CO)C(C)C)C(=O)[C@@H]2[C@H](C(=O)N(CC=C)c3ccc(OCC)cc3)[C@]3(C)CCC12S3. The van der Waals surface area contributed by atoms with Gasteiger partial charge in [0.1, 0.15) is 11.8 Å². The summed E-state index contributed by atoms with van der Waals surface area (Å²) in [5.74, 6) is -1.28. The summed E-state index contributed by atoms with van der Waals surface area (Å²) in [6.45, 7) is 17.0. The van der Waals surface area contributed by atoms with Crippen LogP contribution in [0.1, 0.15) is 46.1 Å². The van der Waals surface area contributed by atoms with Crippen LogP contribution in [0.5, 0.6) is 5.75 Å². The van der Waals surface area contributed by atoms with Crippen molar-refractivity contribution < 1.29 is 24.2 Å². The molecule has 3 saturated heterocycles. The highest BCUT2D eigenvalue weighted by molar-refractivity contribution is 8.02. The minimum atomic E-state index is -0.823. The van der Waals surface area contributed by atoms with Crippen molar-refractivity contribution in [3.05, 3.63) is 85.5 Å². The van der Waals surface area contributed by atoms with Gasteiger partial charge in [-0.25, -0.2) is 0 Å². The first-order valence-corrected chi connectivity index (χ1v) is 17.1. The molecule has 8 nitrogen and oxygen atoms in total. The Hall–Kier alpha value is -3.56. The summed E-state index contributed by atoms with van der Waals surface area (Å²) in [4.78, 5) is 49.6. The van der Waals surface area contributed by atoms with Gasteiger partial charge in [0.2, 0.25) is 17.7 Å². The number of rotatable bonds is 14. The molecule has 246 valence electrons. The van der Waals surface area contributed by atoms with E-state index in [1.165, 1.54) is 0 Å². The number of likely N-dealkylation sites (tertiary alicyclic amines) is 1. The lowest BCUT2D eigenvalue weighted by atomic mass is 9.66. The lowest BCUT2D eigenvalue weighted by Gasteiger charge is -2.40.